The Morgan fingerprint density at radius 2 is 2.00 bits per heavy atom. The minimum absolute atomic E-state index is 0.426. The highest BCUT2D eigenvalue weighted by Gasteiger charge is 2.41. The molecule has 1 aromatic carbocycles. The summed E-state index contributed by atoms with van der Waals surface area (Å²) in [6.45, 7) is 0. The number of aliphatic carboxylic acids is 1. The predicted molar refractivity (Wildman–Crippen MR) is 73.9 cm³/mol. The summed E-state index contributed by atoms with van der Waals surface area (Å²) in [5.41, 5.74) is 1.10. The van der Waals surface area contributed by atoms with Crippen LogP contribution in [0.3, 0.4) is 0 Å². The van der Waals surface area contributed by atoms with E-state index in [2.05, 4.69) is 0 Å². The Balaban J connectivity index is 2.18. The summed E-state index contributed by atoms with van der Waals surface area (Å²) < 4.78 is 6.51. The monoisotopic (exact) mass is 275 g/mol. The van der Waals surface area contributed by atoms with E-state index >= 15 is 0 Å². The number of aryl methyl sites for hydroxylation is 1. The molecule has 1 fully saturated rings. The lowest BCUT2D eigenvalue weighted by atomic mass is 9.69. The average molecular weight is 275 g/mol. The summed E-state index contributed by atoms with van der Waals surface area (Å²) in [7, 11) is 1.63. The number of fused-ring (bicyclic) bond motifs is 1. The molecule has 20 heavy (non-hydrogen) atoms. The Labute approximate surface area is 115 Å². The number of hydrogen-bond acceptors (Lipinski definition) is 3. The highest BCUT2D eigenvalue weighted by Crippen LogP contribution is 2.40. The van der Waals surface area contributed by atoms with Crippen LogP contribution in [-0.4, -0.2) is 15.6 Å². The molecule has 106 valence electrons. The zero-order chi connectivity index (χ0) is 14.3. The van der Waals surface area contributed by atoms with Crippen molar-refractivity contribution < 1.29 is 14.3 Å². The summed E-state index contributed by atoms with van der Waals surface area (Å²) in [5.74, 6) is -1.20. The molecular formula is C15H17NO4. The van der Waals surface area contributed by atoms with E-state index in [-0.39, 0.29) is 0 Å². The molecule has 3 rings (SSSR count). The third-order valence-electron chi connectivity index (χ3n) is 4.46. The van der Waals surface area contributed by atoms with Crippen molar-refractivity contribution >= 4 is 17.1 Å². The molecule has 5 nitrogen and oxygen atoms in total. The van der Waals surface area contributed by atoms with Crippen molar-refractivity contribution in [3.63, 3.8) is 0 Å². The van der Waals surface area contributed by atoms with Crippen molar-refractivity contribution in [2.75, 3.05) is 0 Å². The minimum Gasteiger partial charge on any atom is -0.481 e. The van der Waals surface area contributed by atoms with Gasteiger partial charge in [-0.25, -0.2) is 4.79 Å². The fourth-order valence-electron chi connectivity index (χ4n) is 3.21. The van der Waals surface area contributed by atoms with Crippen LogP contribution in [0.15, 0.2) is 27.4 Å². The molecule has 1 aromatic heterocycles. The Bertz CT molecular complexity index is 719. The van der Waals surface area contributed by atoms with Gasteiger partial charge in [-0.2, -0.15) is 0 Å². The number of carbonyl (C=O) groups is 1. The lowest BCUT2D eigenvalue weighted by Crippen LogP contribution is -2.37. The van der Waals surface area contributed by atoms with Crippen LogP contribution in [0.1, 0.15) is 37.7 Å². The molecule has 0 bridgehead atoms. The molecule has 1 aliphatic rings. The first-order valence-electron chi connectivity index (χ1n) is 6.88. The van der Waals surface area contributed by atoms with Gasteiger partial charge in [0.25, 0.3) is 0 Å². The molecule has 1 saturated carbocycles. The van der Waals surface area contributed by atoms with Crippen LogP contribution in [0, 0.1) is 0 Å². The number of benzene rings is 1. The summed E-state index contributed by atoms with van der Waals surface area (Å²) in [6.07, 6.45) is 4.24. The van der Waals surface area contributed by atoms with Crippen LogP contribution in [0.5, 0.6) is 0 Å². The van der Waals surface area contributed by atoms with E-state index in [1.165, 1.54) is 4.57 Å². The molecule has 0 saturated heterocycles. The second kappa shape index (κ2) is 4.51. The molecule has 0 aliphatic heterocycles. The molecule has 0 atom stereocenters. The SMILES string of the molecule is Cn1c(=O)oc2ccc(C3(C(=O)O)CCCCC3)cc21. The van der Waals surface area contributed by atoms with Gasteiger partial charge in [-0.15, -0.1) is 0 Å². The molecule has 0 unspecified atom stereocenters. The quantitative estimate of drug-likeness (QED) is 0.913. The molecular weight excluding hydrogens is 258 g/mol. The molecule has 0 radical (unpaired) electrons. The van der Waals surface area contributed by atoms with Crippen molar-refractivity contribution in [2.24, 2.45) is 7.05 Å². The van der Waals surface area contributed by atoms with E-state index in [0.29, 0.717) is 23.9 Å². The average Bonchev–Trinajstić information content (AvgIpc) is 2.74. The number of aromatic nitrogens is 1. The fraction of sp³-hybridized carbons (Fsp3) is 0.467. The first-order chi connectivity index (χ1) is 9.54. The molecule has 0 amide bonds. The molecule has 5 heteroatoms. The van der Waals surface area contributed by atoms with Crippen LogP contribution in [0.2, 0.25) is 0 Å². The van der Waals surface area contributed by atoms with Gasteiger partial charge in [0.1, 0.15) is 0 Å². The lowest BCUT2D eigenvalue weighted by molar-refractivity contribution is -0.145. The van der Waals surface area contributed by atoms with Gasteiger partial charge >= 0.3 is 11.7 Å². The van der Waals surface area contributed by atoms with Crippen molar-refractivity contribution in [3.8, 4) is 0 Å². The highest BCUT2D eigenvalue weighted by atomic mass is 16.4. The van der Waals surface area contributed by atoms with Gasteiger partial charge in [-0.3, -0.25) is 9.36 Å². The lowest BCUT2D eigenvalue weighted by Gasteiger charge is -2.33. The zero-order valence-electron chi connectivity index (χ0n) is 11.4. The normalized spacial score (nSPS) is 18.2. The molecule has 0 spiro atoms. The Hall–Kier alpha value is -2.04. The van der Waals surface area contributed by atoms with E-state index in [4.69, 9.17) is 4.42 Å². The maximum Gasteiger partial charge on any atom is 0.419 e. The highest BCUT2D eigenvalue weighted by molar-refractivity contribution is 5.84. The maximum absolute atomic E-state index is 11.8. The Morgan fingerprint density at radius 3 is 2.65 bits per heavy atom. The smallest absolute Gasteiger partial charge is 0.419 e. The van der Waals surface area contributed by atoms with Gasteiger partial charge < -0.3 is 9.52 Å². The second-order valence-electron chi connectivity index (χ2n) is 5.56. The summed E-state index contributed by atoms with van der Waals surface area (Å²) in [6, 6.07) is 5.27. The topological polar surface area (TPSA) is 72.4 Å². The van der Waals surface area contributed by atoms with Crippen molar-refractivity contribution in [3.05, 3.63) is 34.3 Å². The summed E-state index contributed by atoms with van der Waals surface area (Å²) >= 11 is 0. The molecule has 2 aromatic rings. The number of oxazole rings is 1. The van der Waals surface area contributed by atoms with Crippen LogP contribution in [0.25, 0.3) is 11.1 Å². The number of carboxylic acids is 1. The molecule has 1 N–H and O–H groups in total. The van der Waals surface area contributed by atoms with E-state index in [1.54, 1.807) is 25.2 Å². The first kappa shape index (κ1) is 13.0. The number of hydrogen-bond donors (Lipinski definition) is 1. The largest absolute Gasteiger partial charge is 0.481 e. The van der Waals surface area contributed by atoms with Gasteiger partial charge in [-0.05, 0) is 30.5 Å². The molecule has 1 aliphatic carbocycles. The van der Waals surface area contributed by atoms with Gasteiger partial charge in [0, 0.05) is 7.05 Å². The number of nitrogens with zero attached hydrogens (tertiary/aromatic N) is 1. The number of rotatable bonds is 2. The zero-order valence-corrected chi connectivity index (χ0v) is 11.4. The fourth-order valence-corrected chi connectivity index (χ4v) is 3.21. The van der Waals surface area contributed by atoms with Crippen molar-refractivity contribution in [2.45, 2.75) is 37.5 Å². The van der Waals surface area contributed by atoms with Gasteiger partial charge in [-0.1, -0.05) is 25.3 Å². The van der Waals surface area contributed by atoms with Crippen LogP contribution >= 0.6 is 0 Å². The minimum atomic E-state index is -0.820. The van der Waals surface area contributed by atoms with E-state index in [1.807, 2.05) is 0 Å². The van der Waals surface area contributed by atoms with Crippen molar-refractivity contribution in [1.82, 2.24) is 4.57 Å². The van der Waals surface area contributed by atoms with E-state index in [0.717, 1.165) is 24.8 Å². The molecule has 1 heterocycles. The summed E-state index contributed by atoms with van der Waals surface area (Å²) in [4.78, 5) is 23.3. The van der Waals surface area contributed by atoms with Gasteiger partial charge in [0.05, 0.1) is 10.9 Å². The van der Waals surface area contributed by atoms with E-state index < -0.39 is 17.1 Å². The third kappa shape index (κ3) is 1.77. The number of carboxylic acid groups (broad SMARTS) is 1. The maximum atomic E-state index is 11.8. The van der Waals surface area contributed by atoms with Crippen LogP contribution in [-0.2, 0) is 17.3 Å². The van der Waals surface area contributed by atoms with Crippen molar-refractivity contribution in [1.29, 1.82) is 0 Å². The van der Waals surface area contributed by atoms with Crippen LogP contribution < -0.4 is 5.76 Å². The van der Waals surface area contributed by atoms with E-state index in [9.17, 15) is 14.7 Å². The summed E-state index contributed by atoms with van der Waals surface area (Å²) in [5, 5.41) is 9.70. The third-order valence-corrected chi connectivity index (χ3v) is 4.46. The van der Waals surface area contributed by atoms with Crippen LogP contribution in [0.4, 0.5) is 0 Å². The Kier molecular flexibility index (Phi) is 2.92. The Morgan fingerprint density at radius 1 is 1.30 bits per heavy atom. The van der Waals surface area contributed by atoms with Gasteiger partial charge in [0.2, 0.25) is 0 Å². The van der Waals surface area contributed by atoms with Gasteiger partial charge in [0.15, 0.2) is 5.58 Å². The second-order valence-corrected chi connectivity index (χ2v) is 5.56. The standard InChI is InChI=1S/C15H17NO4/c1-16-11-9-10(5-6-12(11)20-14(16)19)15(13(17)18)7-3-2-4-8-15/h5-6,9H,2-4,7-8H2,1H3,(H,17,18). The first-order valence-corrected chi connectivity index (χ1v) is 6.88. The predicted octanol–water partition coefficient (Wildman–Crippen LogP) is 2.42.